The van der Waals surface area contributed by atoms with Crippen molar-refractivity contribution in [1.82, 2.24) is 15.3 Å². The number of benzene rings is 1. The third-order valence-electron chi connectivity index (χ3n) is 3.90. The molecule has 6 nitrogen and oxygen atoms in total. The molecule has 142 valence electrons. The maximum Gasteiger partial charge on any atom is 0.261 e. The Morgan fingerprint density at radius 3 is 2.70 bits per heavy atom. The molecule has 8 heteroatoms. The molecule has 0 saturated heterocycles. The molecule has 5 N–H and O–H groups in total. The molecular formula is C19H22F2N5O+. The topological polar surface area (TPSA) is 97.5 Å². The van der Waals surface area contributed by atoms with Gasteiger partial charge in [0, 0.05) is 11.8 Å². The number of nitrogens with two attached hydrogens (primary N) is 2. The van der Waals surface area contributed by atoms with E-state index in [0.717, 1.165) is 17.7 Å². The summed E-state index contributed by atoms with van der Waals surface area (Å²) in [7, 11) is 1.77. The van der Waals surface area contributed by atoms with Crippen molar-refractivity contribution >= 4 is 11.7 Å². The van der Waals surface area contributed by atoms with Crippen LogP contribution >= 0.6 is 0 Å². The predicted octanol–water partition coefficient (Wildman–Crippen LogP) is 1.68. The third kappa shape index (κ3) is 5.42. The van der Waals surface area contributed by atoms with Gasteiger partial charge in [-0.05, 0) is 37.0 Å². The molecule has 1 aromatic heterocycles. The summed E-state index contributed by atoms with van der Waals surface area (Å²) in [5, 5.41) is 4.25. The van der Waals surface area contributed by atoms with E-state index in [1.807, 2.05) is 0 Å². The lowest BCUT2D eigenvalue weighted by Crippen LogP contribution is -2.73. The fourth-order valence-electron chi connectivity index (χ4n) is 2.50. The molecule has 0 fully saturated rings. The lowest BCUT2D eigenvalue weighted by molar-refractivity contribution is -0.557. The number of quaternary nitrogens is 1. The largest absolute Gasteiger partial charge is 0.383 e. The predicted molar refractivity (Wildman–Crippen MR) is 98.3 cm³/mol. The van der Waals surface area contributed by atoms with Gasteiger partial charge in [0.05, 0.1) is 12.7 Å². The second-order valence-corrected chi connectivity index (χ2v) is 5.85. The SMILES string of the molecule is C=C(CCCc1cncnc1N)/C(=C\[NH2+]C)NC(=O)c1c(F)cccc1F. The van der Waals surface area contributed by atoms with Crippen LogP contribution in [0, 0.1) is 11.6 Å². The van der Waals surface area contributed by atoms with Gasteiger partial charge in [-0.1, -0.05) is 12.6 Å². The Morgan fingerprint density at radius 2 is 2.07 bits per heavy atom. The van der Waals surface area contributed by atoms with Crippen molar-refractivity contribution < 1.29 is 18.9 Å². The summed E-state index contributed by atoms with van der Waals surface area (Å²) < 4.78 is 27.6. The number of carbonyl (C=O) groups excluding carboxylic acids is 1. The monoisotopic (exact) mass is 374 g/mol. The van der Waals surface area contributed by atoms with Crippen molar-refractivity contribution in [2.45, 2.75) is 19.3 Å². The number of nitrogen functional groups attached to an aromatic ring is 1. The van der Waals surface area contributed by atoms with Crippen molar-refractivity contribution in [2.24, 2.45) is 0 Å². The van der Waals surface area contributed by atoms with Crippen molar-refractivity contribution in [3.8, 4) is 0 Å². The van der Waals surface area contributed by atoms with E-state index in [-0.39, 0.29) is 0 Å². The zero-order valence-electron chi connectivity index (χ0n) is 15.0. The first-order valence-corrected chi connectivity index (χ1v) is 8.41. The van der Waals surface area contributed by atoms with E-state index in [1.165, 1.54) is 12.4 Å². The number of aryl methyl sites for hydroxylation is 1. The van der Waals surface area contributed by atoms with Crippen LogP contribution in [0.1, 0.15) is 28.8 Å². The zero-order valence-corrected chi connectivity index (χ0v) is 15.0. The van der Waals surface area contributed by atoms with Gasteiger partial charge in [0.15, 0.2) is 0 Å². The maximum atomic E-state index is 13.8. The number of carbonyl (C=O) groups is 1. The lowest BCUT2D eigenvalue weighted by atomic mass is 10.0. The van der Waals surface area contributed by atoms with Crippen LogP contribution in [0.15, 0.2) is 54.8 Å². The van der Waals surface area contributed by atoms with Crippen LogP contribution in [0.4, 0.5) is 14.6 Å². The van der Waals surface area contributed by atoms with Crippen molar-refractivity contribution in [1.29, 1.82) is 0 Å². The van der Waals surface area contributed by atoms with Gasteiger partial charge in [-0.2, -0.15) is 0 Å². The van der Waals surface area contributed by atoms with E-state index >= 15 is 0 Å². The van der Waals surface area contributed by atoms with Crippen molar-refractivity contribution in [2.75, 3.05) is 12.8 Å². The second-order valence-electron chi connectivity index (χ2n) is 5.85. The van der Waals surface area contributed by atoms with Gasteiger partial charge >= 0.3 is 0 Å². The maximum absolute atomic E-state index is 13.8. The summed E-state index contributed by atoms with van der Waals surface area (Å²) in [6, 6.07) is 3.28. The summed E-state index contributed by atoms with van der Waals surface area (Å²) in [4.78, 5) is 20.2. The summed E-state index contributed by atoms with van der Waals surface area (Å²) >= 11 is 0. The molecule has 1 amide bonds. The highest BCUT2D eigenvalue weighted by atomic mass is 19.1. The van der Waals surface area contributed by atoms with Gasteiger partial charge in [0.2, 0.25) is 0 Å². The molecule has 1 aromatic carbocycles. The number of rotatable bonds is 8. The fraction of sp³-hybridized carbons (Fsp3) is 0.211. The molecule has 2 rings (SSSR count). The molecule has 0 unspecified atom stereocenters. The number of halogens is 2. The van der Waals surface area contributed by atoms with Crippen LogP contribution in [-0.4, -0.2) is 22.9 Å². The van der Waals surface area contributed by atoms with Crippen LogP contribution in [-0.2, 0) is 6.42 Å². The number of nitrogens with zero attached hydrogens (tertiary/aromatic N) is 2. The number of aromatic nitrogens is 2. The molecule has 1 heterocycles. The van der Waals surface area contributed by atoms with Crippen molar-refractivity contribution in [3.63, 3.8) is 0 Å². The van der Waals surface area contributed by atoms with Crippen LogP contribution in [0.25, 0.3) is 0 Å². The number of allylic oxidation sites excluding steroid dienone is 1. The number of amides is 1. The Morgan fingerprint density at radius 1 is 1.37 bits per heavy atom. The van der Waals surface area contributed by atoms with Crippen LogP contribution in [0.2, 0.25) is 0 Å². The molecule has 0 aliphatic rings. The minimum absolute atomic E-state index is 0.405. The molecule has 0 saturated carbocycles. The molecule has 0 radical (unpaired) electrons. The van der Waals surface area contributed by atoms with E-state index in [9.17, 15) is 13.6 Å². The lowest BCUT2D eigenvalue weighted by Gasteiger charge is -2.12. The van der Waals surface area contributed by atoms with Gasteiger partial charge in [-0.25, -0.2) is 18.7 Å². The Bertz CT molecular complexity index is 847. The molecule has 0 aliphatic heterocycles. The minimum Gasteiger partial charge on any atom is -0.383 e. The van der Waals surface area contributed by atoms with E-state index in [0.29, 0.717) is 36.4 Å². The average Bonchev–Trinajstić information content (AvgIpc) is 2.62. The van der Waals surface area contributed by atoms with E-state index in [4.69, 9.17) is 5.73 Å². The molecule has 0 atom stereocenters. The Balaban J connectivity index is 2.02. The smallest absolute Gasteiger partial charge is 0.261 e. The standard InChI is InChI=1S/C19H21F2N5O/c1-12(5-3-6-13-9-24-11-25-18(13)22)16(10-23-2)26-19(27)17-14(20)7-4-8-15(17)21/h4,7-11,23H,1,3,5-6H2,2H3,(H,26,27)(H2,22,24,25)/p+1/b16-10+. The third-order valence-corrected chi connectivity index (χ3v) is 3.90. The van der Waals surface area contributed by atoms with Crippen LogP contribution < -0.4 is 16.4 Å². The minimum atomic E-state index is -0.919. The van der Waals surface area contributed by atoms with Crippen LogP contribution in [0.5, 0.6) is 0 Å². The molecule has 0 aliphatic carbocycles. The molecule has 0 spiro atoms. The highest BCUT2D eigenvalue weighted by Crippen LogP contribution is 2.17. The first-order chi connectivity index (χ1) is 12.9. The summed E-state index contributed by atoms with van der Waals surface area (Å²) in [6.45, 7) is 3.97. The van der Waals surface area contributed by atoms with E-state index in [1.54, 1.807) is 24.8 Å². The number of nitrogens with one attached hydrogen (secondary N) is 1. The zero-order chi connectivity index (χ0) is 19.8. The Hall–Kier alpha value is -3.13. The number of hydrogen-bond donors (Lipinski definition) is 3. The van der Waals surface area contributed by atoms with Gasteiger partial charge in [0.1, 0.15) is 35.5 Å². The highest BCUT2D eigenvalue weighted by molar-refractivity contribution is 5.96. The molecule has 27 heavy (non-hydrogen) atoms. The summed E-state index contributed by atoms with van der Waals surface area (Å²) in [5.74, 6) is -2.27. The summed E-state index contributed by atoms with van der Waals surface area (Å²) in [5.41, 5.74) is 7.03. The van der Waals surface area contributed by atoms with Gasteiger partial charge < -0.3 is 16.4 Å². The fourth-order valence-corrected chi connectivity index (χ4v) is 2.50. The molecule has 0 bridgehead atoms. The first-order valence-electron chi connectivity index (χ1n) is 8.41. The van der Waals surface area contributed by atoms with Crippen molar-refractivity contribution in [3.05, 3.63) is 77.5 Å². The molecular weight excluding hydrogens is 352 g/mol. The highest BCUT2D eigenvalue weighted by Gasteiger charge is 2.19. The number of hydrogen-bond acceptors (Lipinski definition) is 4. The molecule has 2 aromatic rings. The number of anilines is 1. The van der Waals surface area contributed by atoms with Gasteiger partial charge in [-0.15, -0.1) is 0 Å². The second kappa shape index (κ2) is 9.54. The summed E-state index contributed by atoms with van der Waals surface area (Å²) in [6.07, 6.45) is 6.57. The quantitative estimate of drug-likeness (QED) is 0.613. The van der Waals surface area contributed by atoms with E-state index < -0.39 is 23.1 Å². The average molecular weight is 374 g/mol. The normalized spacial score (nSPS) is 11.3. The first kappa shape index (κ1) is 20.2. The van der Waals surface area contributed by atoms with E-state index in [2.05, 4.69) is 21.9 Å². The Kier molecular flexibility index (Phi) is 7.13. The van der Waals surface area contributed by atoms with Gasteiger partial charge in [0.25, 0.3) is 5.91 Å². The van der Waals surface area contributed by atoms with Gasteiger partial charge in [-0.3, -0.25) is 4.79 Å². The van der Waals surface area contributed by atoms with Crippen LogP contribution in [0.3, 0.4) is 0 Å². The Labute approximate surface area is 156 Å².